The van der Waals surface area contributed by atoms with Crippen molar-refractivity contribution in [3.8, 4) is 0 Å². The van der Waals surface area contributed by atoms with E-state index in [0.29, 0.717) is 0 Å². The molecule has 0 aliphatic rings. The summed E-state index contributed by atoms with van der Waals surface area (Å²) < 4.78 is 13.5. The Bertz CT molecular complexity index is 1830. The van der Waals surface area contributed by atoms with Crippen molar-refractivity contribution in [2.24, 2.45) is 17.2 Å². The highest BCUT2D eigenvalue weighted by Crippen LogP contribution is 2.38. The molecule has 0 spiro atoms. The van der Waals surface area contributed by atoms with Crippen molar-refractivity contribution in [1.29, 1.82) is 0 Å². The fraction of sp³-hybridized carbons (Fsp3) is 0. The third-order valence-electron chi connectivity index (χ3n) is 4.51. The van der Waals surface area contributed by atoms with Crippen molar-refractivity contribution in [2.75, 3.05) is 5.12 Å². The highest BCUT2D eigenvalue weighted by Gasteiger charge is 2.40. The predicted molar refractivity (Wildman–Crippen MR) is 174 cm³/mol. The summed E-state index contributed by atoms with van der Waals surface area (Å²) in [5, 5.41) is 18.7. The van der Waals surface area contributed by atoms with Gasteiger partial charge < -0.3 is 46.4 Å². The first-order valence-electron chi connectivity index (χ1n) is 11.7. The number of hydrogen-bond acceptors (Lipinski definition) is 19. The summed E-state index contributed by atoms with van der Waals surface area (Å²) in [6, 6.07) is 0. The van der Waals surface area contributed by atoms with E-state index in [4.69, 9.17) is 0 Å². The minimum absolute atomic E-state index is 0.318. The number of aromatic carboxylic acids is 2. The Labute approximate surface area is 322 Å². The number of hydrogen-bond donors (Lipinski definition) is 9. The van der Waals surface area contributed by atoms with Gasteiger partial charge in [0.2, 0.25) is 0 Å². The zero-order chi connectivity index (χ0) is 40.4. The monoisotopic (exact) mass is 1080 g/mol. The summed E-state index contributed by atoms with van der Waals surface area (Å²) in [5.74, 6) is -21.7. The van der Waals surface area contributed by atoms with E-state index in [2.05, 4.69) is 36.1 Å². The lowest BCUT2D eigenvalue weighted by Gasteiger charge is -2.35. The Morgan fingerprint density at radius 3 is 1.29 bits per heavy atom. The highest BCUT2D eigenvalue weighted by molar-refractivity contribution is 14.1. The maximum absolute atomic E-state index is 13.4. The second kappa shape index (κ2) is 18.7. The first-order valence-corrected chi connectivity index (χ1v) is 15.0. The number of nitrogens with two attached hydrogens (primary N) is 3. The van der Waals surface area contributed by atoms with Crippen LogP contribution in [-0.4, -0.2) is 99.1 Å². The topological polar surface area (TPSA) is 449 Å². The maximum atomic E-state index is 13.4. The van der Waals surface area contributed by atoms with Gasteiger partial charge >= 0.3 is 83.8 Å². The van der Waals surface area contributed by atoms with Crippen LogP contribution >= 0.6 is 67.8 Å². The third-order valence-corrected chi connectivity index (χ3v) is 7.69. The van der Waals surface area contributed by atoms with Gasteiger partial charge in [-0.1, -0.05) is 0 Å². The van der Waals surface area contributed by atoms with Gasteiger partial charge in [-0.25, -0.2) is 64.2 Å². The molecule has 0 radical (unpaired) electrons. The van der Waals surface area contributed by atoms with Crippen molar-refractivity contribution in [3.05, 3.63) is 21.8 Å². The molecule has 8 amide bonds. The lowest BCUT2D eigenvalue weighted by atomic mass is 10.1. The van der Waals surface area contributed by atoms with E-state index < -0.39 is 116 Å². The Morgan fingerprint density at radius 1 is 0.519 bits per heavy atom. The molecule has 1 aromatic carbocycles. The van der Waals surface area contributed by atoms with Crippen LogP contribution in [0.15, 0.2) is 0 Å². The molecule has 0 unspecified atom stereocenters. The van der Waals surface area contributed by atoms with Crippen LogP contribution in [0.3, 0.4) is 0 Å². The molecule has 29 nitrogen and oxygen atoms in total. The minimum atomic E-state index is -2.53. The number of carbonyl (C=O) groups excluding carboxylic acids is 12. The van der Waals surface area contributed by atoms with Crippen molar-refractivity contribution in [3.63, 3.8) is 0 Å². The van der Waals surface area contributed by atoms with Crippen LogP contribution in [-0.2, 0) is 57.3 Å². The zero-order valence-corrected chi connectivity index (χ0v) is 30.5. The molecule has 0 aliphatic heterocycles. The van der Waals surface area contributed by atoms with E-state index in [-0.39, 0.29) is 5.12 Å². The number of ether oxygens (including phenoxy) is 4. The fourth-order valence-electron chi connectivity index (χ4n) is 2.71. The van der Waals surface area contributed by atoms with Gasteiger partial charge in [0.1, 0.15) is 5.69 Å². The van der Waals surface area contributed by atoms with Gasteiger partial charge in [0.25, 0.3) is 0 Å². The number of carbonyl (C=O) groups is 14. The van der Waals surface area contributed by atoms with Crippen LogP contribution in [0.5, 0.6) is 0 Å². The Morgan fingerprint density at radius 2 is 0.904 bits per heavy atom. The van der Waals surface area contributed by atoms with Gasteiger partial charge in [0.05, 0.1) is 18.3 Å². The van der Waals surface area contributed by atoms with Crippen LogP contribution in [0.4, 0.5) is 24.9 Å². The summed E-state index contributed by atoms with van der Waals surface area (Å²) in [6.07, 6.45) is -7.78. The number of carboxylic acids is 2. The largest absolute Gasteiger partial charge is 0.478 e. The second-order valence-corrected chi connectivity index (χ2v) is 11.1. The quantitative estimate of drug-likeness (QED) is 0.0336. The number of primary amides is 3. The number of carboxylic acid groups (broad SMARTS) is 2. The summed E-state index contributed by atoms with van der Waals surface area (Å²) in [5.41, 5.74) is 16.0. The lowest BCUT2D eigenvalue weighted by Crippen LogP contribution is -2.66. The summed E-state index contributed by atoms with van der Waals surface area (Å²) in [6.45, 7) is 0. The number of rotatable bonds is 5. The van der Waals surface area contributed by atoms with Gasteiger partial charge in [-0.3, -0.25) is 24.6 Å². The van der Waals surface area contributed by atoms with Crippen molar-refractivity contribution in [1.82, 2.24) is 26.8 Å². The number of nitrogens with one attached hydrogen (secondary N) is 4. The number of benzene rings is 1. The highest BCUT2D eigenvalue weighted by atomic mass is 127. The van der Waals surface area contributed by atoms with Crippen molar-refractivity contribution >= 4 is 157 Å². The summed E-state index contributed by atoms with van der Waals surface area (Å²) in [4.78, 5) is 168. The van der Waals surface area contributed by atoms with Crippen LogP contribution in [0.1, 0.15) is 20.7 Å². The summed E-state index contributed by atoms with van der Waals surface area (Å²) >= 11 is 3.62. The number of nitrogens with zero attached hydrogens (tertiary/aromatic N) is 2. The number of anilines is 1. The van der Waals surface area contributed by atoms with E-state index in [1.165, 1.54) is 89.5 Å². The van der Waals surface area contributed by atoms with Crippen LogP contribution < -0.4 is 44.0 Å². The zero-order valence-electron chi connectivity index (χ0n) is 24.0. The molecule has 0 heterocycles. The SMILES string of the molecule is NC(=O)OC(=O)C(=O)NNC(=O)OC(=O)C(=O)N(NC(=O)C(=O)OC(N)=O)N(NC(=O)C(=O)OC(N)=O)c1c(I)c(C(=O)O)c(I)c(C(=O)O)c1I. The van der Waals surface area contributed by atoms with E-state index >= 15 is 0 Å². The van der Waals surface area contributed by atoms with Crippen LogP contribution in [0.25, 0.3) is 0 Å². The van der Waals surface area contributed by atoms with E-state index in [9.17, 15) is 77.3 Å². The predicted octanol–water partition coefficient (Wildman–Crippen LogP) is -4.34. The number of hydrazine groups is 4. The van der Waals surface area contributed by atoms with Gasteiger partial charge in [-0.05, 0) is 67.8 Å². The molecule has 32 heteroatoms. The molecule has 278 valence electrons. The minimum Gasteiger partial charge on any atom is -0.478 e. The lowest BCUT2D eigenvalue weighted by molar-refractivity contribution is -0.164. The molecule has 0 aliphatic carbocycles. The van der Waals surface area contributed by atoms with Gasteiger partial charge in [0, 0.05) is 3.57 Å². The molecular formula is C20H12I3N9O20. The average molecular weight is 1080 g/mol. The fourth-order valence-corrected chi connectivity index (χ4v) is 7.25. The molecular weight excluding hydrogens is 1070 g/mol. The first kappa shape index (κ1) is 43.8. The Kier molecular flexibility index (Phi) is 15.7. The Balaban J connectivity index is 3.99. The Hall–Kier alpha value is -6.21. The molecule has 12 N–H and O–H groups in total. The summed E-state index contributed by atoms with van der Waals surface area (Å²) in [7, 11) is 0. The molecule has 0 fully saturated rings. The van der Waals surface area contributed by atoms with Gasteiger partial charge in [0.15, 0.2) is 0 Å². The molecule has 1 rings (SSSR count). The van der Waals surface area contributed by atoms with Crippen molar-refractivity contribution in [2.45, 2.75) is 0 Å². The normalized spacial score (nSPS) is 9.75. The van der Waals surface area contributed by atoms with Gasteiger partial charge in [-0.2, -0.15) is 5.12 Å². The van der Waals surface area contributed by atoms with Crippen molar-refractivity contribution < 1.29 is 96.3 Å². The number of esters is 4. The van der Waals surface area contributed by atoms with Crippen LogP contribution in [0, 0.1) is 10.7 Å². The molecule has 0 aromatic heterocycles. The average Bonchev–Trinajstić information content (AvgIpc) is 2.99. The maximum Gasteiger partial charge on any atom is 0.434 e. The third kappa shape index (κ3) is 11.7. The molecule has 0 bridgehead atoms. The van der Waals surface area contributed by atoms with Crippen LogP contribution in [0.2, 0.25) is 0 Å². The van der Waals surface area contributed by atoms with E-state index in [1.807, 2.05) is 0 Å². The standard InChI is InChI=1S/C20H12I3N9O20/c21-3-1(11(37)38)4(22)6(5(23)2(3)12(39)40)31(29-8(34)14(42)50-18(25)46)32(30-9(35)15(43)51-19(26)47)10(36)16(44)52-20(48)28-27-7(33)13(41)49-17(24)45/h(H2,24,45)(H2,25,46)(H2,26,47)(H,27,33)(H,28,48)(H,29,34)(H,30,35)(H,37,38)(H,39,40). The van der Waals surface area contributed by atoms with Gasteiger partial charge in [-0.15, -0.1) is 5.12 Å². The molecule has 0 saturated carbocycles. The number of amides is 8. The van der Waals surface area contributed by atoms with E-state index in [1.54, 1.807) is 0 Å². The molecule has 0 atom stereocenters. The number of halogens is 3. The molecule has 52 heavy (non-hydrogen) atoms. The smallest absolute Gasteiger partial charge is 0.434 e. The molecule has 0 saturated heterocycles. The molecule has 1 aromatic rings. The first-order chi connectivity index (χ1) is 23.9. The second-order valence-electron chi connectivity index (χ2n) is 7.84. The van der Waals surface area contributed by atoms with E-state index in [0.717, 1.165) is 0 Å².